The highest BCUT2D eigenvalue weighted by Gasteiger charge is 2.28. The standard InChI is InChI=1S/C17H23N5O2/c1-11-15(12(2)24-21-11)17(23)22-8-4-5-13(10-22)9-14-16(18-3)20-7-6-19-14/h6-7,13H,4-5,8-10H2,1-3H3,(H,18,20). The number of carbonyl (C=O) groups is 1. The molecule has 0 spiro atoms. The van der Waals surface area contributed by atoms with Crippen LogP contribution >= 0.6 is 0 Å². The van der Waals surface area contributed by atoms with Crippen LogP contribution in [0, 0.1) is 19.8 Å². The topological polar surface area (TPSA) is 84.2 Å². The van der Waals surface area contributed by atoms with Gasteiger partial charge in [-0.2, -0.15) is 0 Å². The molecular formula is C17H23N5O2. The Bertz CT molecular complexity index is 708. The first-order valence-corrected chi connectivity index (χ1v) is 8.30. The molecule has 0 bridgehead atoms. The molecule has 1 aliphatic heterocycles. The number of aromatic nitrogens is 3. The number of aryl methyl sites for hydroxylation is 2. The summed E-state index contributed by atoms with van der Waals surface area (Å²) in [4.78, 5) is 23.5. The summed E-state index contributed by atoms with van der Waals surface area (Å²) in [6, 6.07) is 0. The fourth-order valence-electron chi connectivity index (χ4n) is 3.36. The monoisotopic (exact) mass is 329 g/mol. The average molecular weight is 329 g/mol. The Morgan fingerprint density at radius 1 is 1.38 bits per heavy atom. The van der Waals surface area contributed by atoms with E-state index in [9.17, 15) is 4.79 Å². The Morgan fingerprint density at radius 3 is 2.88 bits per heavy atom. The molecule has 0 aliphatic carbocycles. The van der Waals surface area contributed by atoms with E-state index in [2.05, 4.69) is 20.4 Å². The third kappa shape index (κ3) is 3.25. The lowest BCUT2D eigenvalue weighted by molar-refractivity contribution is 0.0670. The third-order valence-corrected chi connectivity index (χ3v) is 4.55. The van der Waals surface area contributed by atoms with E-state index in [1.165, 1.54) is 0 Å². The maximum absolute atomic E-state index is 12.8. The van der Waals surface area contributed by atoms with Crippen molar-refractivity contribution in [2.45, 2.75) is 33.1 Å². The first-order valence-electron chi connectivity index (χ1n) is 8.30. The molecule has 7 heteroatoms. The molecule has 0 aromatic carbocycles. The van der Waals surface area contributed by atoms with Crippen LogP contribution in [0.15, 0.2) is 16.9 Å². The fourth-order valence-corrected chi connectivity index (χ4v) is 3.36. The lowest BCUT2D eigenvalue weighted by Crippen LogP contribution is -2.41. The van der Waals surface area contributed by atoms with E-state index in [4.69, 9.17) is 4.52 Å². The number of carbonyl (C=O) groups excluding carboxylic acids is 1. The van der Waals surface area contributed by atoms with Crippen molar-refractivity contribution in [3.05, 3.63) is 35.1 Å². The number of rotatable bonds is 4. The molecule has 3 heterocycles. The lowest BCUT2D eigenvalue weighted by Gasteiger charge is -2.32. The largest absolute Gasteiger partial charge is 0.372 e. The zero-order valence-electron chi connectivity index (χ0n) is 14.4. The number of anilines is 1. The number of piperidine rings is 1. The summed E-state index contributed by atoms with van der Waals surface area (Å²) >= 11 is 0. The van der Waals surface area contributed by atoms with E-state index in [0.29, 0.717) is 22.9 Å². The molecule has 128 valence electrons. The average Bonchev–Trinajstić information content (AvgIpc) is 2.93. The molecular weight excluding hydrogens is 306 g/mol. The van der Waals surface area contributed by atoms with Gasteiger partial charge in [-0.1, -0.05) is 5.16 Å². The van der Waals surface area contributed by atoms with Gasteiger partial charge >= 0.3 is 0 Å². The number of likely N-dealkylation sites (tertiary alicyclic amines) is 1. The first-order chi connectivity index (χ1) is 11.6. The summed E-state index contributed by atoms with van der Waals surface area (Å²) in [6.07, 6.45) is 6.30. The van der Waals surface area contributed by atoms with E-state index in [1.54, 1.807) is 19.3 Å². The van der Waals surface area contributed by atoms with Gasteiger partial charge in [0, 0.05) is 32.5 Å². The predicted octanol–water partition coefficient (Wildman–Crippen LogP) is 2.22. The van der Waals surface area contributed by atoms with Crippen LogP contribution in [0.3, 0.4) is 0 Å². The van der Waals surface area contributed by atoms with Crippen LogP contribution in [0.1, 0.15) is 40.3 Å². The van der Waals surface area contributed by atoms with Crippen LogP contribution in [0.5, 0.6) is 0 Å². The van der Waals surface area contributed by atoms with Gasteiger partial charge in [-0.05, 0) is 39.0 Å². The highest BCUT2D eigenvalue weighted by molar-refractivity contribution is 5.96. The minimum atomic E-state index is 0.0175. The second kappa shape index (κ2) is 6.98. The zero-order valence-corrected chi connectivity index (χ0v) is 14.4. The highest BCUT2D eigenvalue weighted by atomic mass is 16.5. The molecule has 24 heavy (non-hydrogen) atoms. The summed E-state index contributed by atoms with van der Waals surface area (Å²) in [6.45, 7) is 5.10. The van der Waals surface area contributed by atoms with Gasteiger partial charge in [0.1, 0.15) is 17.1 Å². The summed E-state index contributed by atoms with van der Waals surface area (Å²) in [7, 11) is 1.85. The van der Waals surface area contributed by atoms with Gasteiger partial charge in [-0.15, -0.1) is 0 Å². The molecule has 1 N–H and O–H groups in total. The Morgan fingerprint density at radius 2 is 2.17 bits per heavy atom. The van der Waals surface area contributed by atoms with E-state index < -0.39 is 0 Å². The predicted molar refractivity (Wildman–Crippen MR) is 89.9 cm³/mol. The van der Waals surface area contributed by atoms with Crippen LogP contribution in [-0.2, 0) is 6.42 Å². The number of nitrogens with one attached hydrogen (secondary N) is 1. The Labute approximate surface area is 141 Å². The number of amides is 1. The van der Waals surface area contributed by atoms with E-state index in [-0.39, 0.29) is 5.91 Å². The van der Waals surface area contributed by atoms with Crippen LogP contribution in [-0.4, -0.2) is 46.1 Å². The van der Waals surface area contributed by atoms with Gasteiger partial charge in [0.2, 0.25) is 0 Å². The molecule has 7 nitrogen and oxygen atoms in total. The lowest BCUT2D eigenvalue weighted by atomic mass is 9.92. The van der Waals surface area contributed by atoms with Crippen molar-refractivity contribution in [2.75, 3.05) is 25.5 Å². The Balaban J connectivity index is 1.71. The molecule has 1 saturated heterocycles. The second-order valence-electron chi connectivity index (χ2n) is 6.26. The van der Waals surface area contributed by atoms with Gasteiger partial charge < -0.3 is 14.7 Å². The molecule has 1 unspecified atom stereocenters. The smallest absolute Gasteiger partial charge is 0.259 e. The molecule has 1 fully saturated rings. The quantitative estimate of drug-likeness (QED) is 0.926. The van der Waals surface area contributed by atoms with Gasteiger partial charge in [0.25, 0.3) is 5.91 Å². The summed E-state index contributed by atoms with van der Waals surface area (Å²) < 4.78 is 5.14. The second-order valence-corrected chi connectivity index (χ2v) is 6.26. The SMILES string of the molecule is CNc1nccnc1CC1CCCN(C(=O)c2c(C)noc2C)C1. The highest BCUT2D eigenvalue weighted by Crippen LogP contribution is 2.25. The van der Waals surface area contributed by atoms with E-state index in [1.807, 2.05) is 18.9 Å². The Hall–Kier alpha value is -2.44. The molecule has 1 amide bonds. The number of nitrogens with zero attached hydrogens (tertiary/aromatic N) is 4. The molecule has 0 saturated carbocycles. The summed E-state index contributed by atoms with van der Waals surface area (Å²) in [5.74, 6) is 1.80. The molecule has 2 aromatic rings. The molecule has 3 rings (SSSR count). The molecule has 1 aliphatic rings. The Kier molecular flexibility index (Phi) is 4.78. The minimum absolute atomic E-state index is 0.0175. The van der Waals surface area contributed by atoms with Crippen molar-refractivity contribution in [3.63, 3.8) is 0 Å². The van der Waals surface area contributed by atoms with Crippen molar-refractivity contribution in [1.82, 2.24) is 20.0 Å². The van der Waals surface area contributed by atoms with Crippen LogP contribution in [0.25, 0.3) is 0 Å². The van der Waals surface area contributed by atoms with Gasteiger partial charge in [-0.3, -0.25) is 9.78 Å². The van der Waals surface area contributed by atoms with Crippen molar-refractivity contribution >= 4 is 11.7 Å². The van der Waals surface area contributed by atoms with Crippen LogP contribution < -0.4 is 5.32 Å². The zero-order chi connectivity index (χ0) is 17.1. The minimum Gasteiger partial charge on any atom is -0.372 e. The maximum atomic E-state index is 12.8. The third-order valence-electron chi connectivity index (χ3n) is 4.55. The summed E-state index contributed by atoms with van der Waals surface area (Å²) in [5.41, 5.74) is 2.22. The van der Waals surface area contributed by atoms with Crippen LogP contribution in [0.2, 0.25) is 0 Å². The van der Waals surface area contributed by atoms with Crippen molar-refractivity contribution in [3.8, 4) is 0 Å². The normalized spacial score (nSPS) is 17.8. The van der Waals surface area contributed by atoms with Gasteiger partial charge in [0.15, 0.2) is 0 Å². The number of hydrogen-bond acceptors (Lipinski definition) is 6. The molecule has 1 atom stereocenters. The van der Waals surface area contributed by atoms with Crippen molar-refractivity contribution in [1.29, 1.82) is 0 Å². The maximum Gasteiger partial charge on any atom is 0.259 e. The van der Waals surface area contributed by atoms with Crippen molar-refractivity contribution in [2.24, 2.45) is 5.92 Å². The molecule has 2 aromatic heterocycles. The van der Waals surface area contributed by atoms with E-state index in [0.717, 1.165) is 43.9 Å². The van der Waals surface area contributed by atoms with Gasteiger partial charge in [0.05, 0.1) is 11.4 Å². The van der Waals surface area contributed by atoms with Gasteiger partial charge in [-0.25, -0.2) is 4.98 Å². The van der Waals surface area contributed by atoms with E-state index >= 15 is 0 Å². The number of hydrogen-bond donors (Lipinski definition) is 1. The van der Waals surface area contributed by atoms with Crippen LogP contribution in [0.4, 0.5) is 5.82 Å². The van der Waals surface area contributed by atoms with Crippen molar-refractivity contribution < 1.29 is 9.32 Å². The first kappa shape index (κ1) is 16.4. The fraction of sp³-hybridized carbons (Fsp3) is 0.529. The summed E-state index contributed by atoms with van der Waals surface area (Å²) in [5, 5.41) is 6.97. The molecule has 0 radical (unpaired) electrons.